The second-order valence-corrected chi connectivity index (χ2v) is 3.55. The van der Waals surface area contributed by atoms with Crippen molar-refractivity contribution in [3.8, 4) is 0 Å². The fraction of sp³-hybridized carbons (Fsp3) is 0.857. The number of hydrogen-bond acceptors (Lipinski definition) is 2. The van der Waals surface area contributed by atoms with Gasteiger partial charge in [0.05, 0.1) is 24.8 Å². The Bertz CT molecular complexity index is 171. The first-order valence-electron chi connectivity index (χ1n) is 3.90. The molecular formula is C7H13Cl2NO3. The van der Waals surface area contributed by atoms with E-state index < -0.39 is 16.7 Å². The average molecular weight is 230 g/mol. The zero-order valence-corrected chi connectivity index (χ0v) is 8.88. The molecule has 0 saturated carbocycles. The lowest BCUT2D eigenvalue weighted by Gasteiger charge is -2.44. The van der Waals surface area contributed by atoms with Gasteiger partial charge in [-0.1, -0.05) is 0 Å². The molecule has 4 nitrogen and oxygen atoms in total. The zero-order valence-electron chi connectivity index (χ0n) is 7.37. The van der Waals surface area contributed by atoms with Gasteiger partial charge < -0.3 is 15.0 Å². The first-order valence-corrected chi connectivity index (χ1v) is 4.97. The Morgan fingerprint density at radius 1 is 1.46 bits per heavy atom. The average Bonchev–Trinajstić information content (AvgIpc) is 2.03. The van der Waals surface area contributed by atoms with Gasteiger partial charge in [-0.3, -0.25) is 0 Å². The van der Waals surface area contributed by atoms with Gasteiger partial charge in [-0.15, -0.1) is 23.2 Å². The van der Waals surface area contributed by atoms with Gasteiger partial charge in [-0.05, 0) is 6.92 Å². The minimum Gasteiger partial charge on any atom is -0.632 e. The highest BCUT2D eigenvalue weighted by Crippen LogP contribution is 2.12. The Balaban J connectivity index is 4.45. The number of carbonyl (C=O) groups is 1. The van der Waals surface area contributed by atoms with Gasteiger partial charge >= 0.3 is 5.97 Å². The molecule has 0 aliphatic heterocycles. The molecule has 13 heavy (non-hydrogen) atoms. The van der Waals surface area contributed by atoms with Crippen LogP contribution in [0.3, 0.4) is 0 Å². The Labute approximate surface area is 87.2 Å². The van der Waals surface area contributed by atoms with Crippen molar-refractivity contribution in [1.29, 1.82) is 0 Å². The Morgan fingerprint density at radius 3 is 2.08 bits per heavy atom. The number of nitrogens with zero attached hydrogens (tertiary/aromatic N) is 1. The number of hydrogen-bond donors (Lipinski definition) is 1. The third-order valence-corrected chi connectivity index (χ3v) is 2.33. The van der Waals surface area contributed by atoms with E-state index in [1.165, 1.54) is 6.92 Å². The van der Waals surface area contributed by atoms with E-state index in [1.54, 1.807) is 0 Å². The Hall–Kier alpha value is -0.0300. The van der Waals surface area contributed by atoms with Crippen molar-refractivity contribution < 1.29 is 14.5 Å². The molecule has 0 unspecified atom stereocenters. The number of alkyl halides is 2. The van der Waals surface area contributed by atoms with Gasteiger partial charge in [0.1, 0.15) is 0 Å². The summed E-state index contributed by atoms with van der Waals surface area (Å²) >= 11 is 10.8. The molecule has 0 radical (unpaired) electrons. The summed E-state index contributed by atoms with van der Waals surface area (Å²) in [4.78, 5) is 10.6. The van der Waals surface area contributed by atoms with Crippen molar-refractivity contribution in [2.45, 2.75) is 13.0 Å². The predicted molar refractivity (Wildman–Crippen MR) is 51.9 cm³/mol. The summed E-state index contributed by atoms with van der Waals surface area (Å²) in [7, 11) is 0. The maximum Gasteiger partial charge on any atom is 0.362 e. The maximum absolute atomic E-state index is 11.8. The number of rotatable bonds is 6. The zero-order chi connectivity index (χ0) is 10.5. The maximum atomic E-state index is 11.8. The molecule has 1 N–H and O–H groups in total. The quantitative estimate of drug-likeness (QED) is 0.424. The molecule has 0 aromatic heterocycles. The van der Waals surface area contributed by atoms with Crippen LogP contribution in [0.2, 0.25) is 0 Å². The summed E-state index contributed by atoms with van der Waals surface area (Å²) < 4.78 is -0.859. The van der Waals surface area contributed by atoms with Gasteiger partial charge in [-0.25, -0.2) is 4.79 Å². The fourth-order valence-electron chi connectivity index (χ4n) is 0.986. The third kappa shape index (κ3) is 3.68. The Kier molecular flexibility index (Phi) is 5.64. The number of quaternary nitrogens is 1. The van der Waals surface area contributed by atoms with Crippen LogP contribution < -0.4 is 0 Å². The van der Waals surface area contributed by atoms with Crippen molar-refractivity contribution in [3.05, 3.63) is 5.21 Å². The lowest BCUT2D eigenvalue weighted by molar-refractivity contribution is -0.890. The Morgan fingerprint density at radius 2 is 1.85 bits per heavy atom. The van der Waals surface area contributed by atoms with Crippen LogP contribution in [0.25, 0.3) is 0 Å². The molecule has 0 bridgehead atoms. The SMILES string of the molecule is C[C@@H](C(=O)O)[N+]([O-])(CCCl)CCCl. The summed E-state index contributed by atoms with van der Waals surface area (Å²) in [6.45, 7) is 1.51. The van der Waals surface area contributed by atoms with E-state index in [9.17, 15) is 10.0 Å². The largest absolute Gasteiger partial charge is 0.632 e. The van der Waals surface area contributed by atoms with Crippen molar-refractivity contribution in [1.82, 2.24) is 0 Å². The van der Waals surface area contributed by atoms with Crippen molar-refractivity contribution in [2.24, 2.45) is 0 Å². The molecular weight excluding hydrogens is 217 g/mol. The molecule has 0 saturated heterocycles. The summed E-state index contributed by atoms with van der Waals surface area (Å²) in [6.07, 6.45) is 0. The number of halogens is 2. The highest BCUT2D eigenvalue weighted by atomic mass is 35.5. The first kappa shape index (κ1) is 13.0. The second-order valence-electron chi connectivity index (χ2n) is 2.79. The van der Waals surface area contributed by atoms with E-state index in [0.29, 0.717) is 0 Å². The van der Waals surface area contributed by atoms with Crippen LogP contribution in [0, 0.1) is 5.21 Å². The smallest absolute Gasteiger partial charge is 0.362 e. The summed E-state index contributed by atoms with van der Waals surface area (Å²) in [5.74, 6) is -0.846. The second kappa shape index (κ2) is 5.65. The number of carboxylic acids is 1. The van der Waals surface area contributed by atoms with Crippen molar-refractivity contribution >= 4 is 29.2 Å². The van der Waals surface area contributed by atoms with E-state index in [4.69, 9.17) is 28.3 Å². The molecule has 0 amide bonds. The van der Waals surface area contributed by atoms with Crippen LogP contribution >= 0.6 is 23.2 Å². The topological polar surface area (TPSA) is 60.4 Å². The lowest BCUT2D eigenvalue weighted by atomic mass is 10.2. The van der Waals surface area contributed by atoms with Gasteiger partial charge in [0, 0.05) is 0 Å². The number of hydroxylamine groups is 3. The molecule has 0 spiro atoms. The van der Waals surface area contributed by atoms with Crippen LogP contribution in [-0.2, 0) is 4.79 Å². The normalized spacial score (nSPS) is 14.2. The monoisotopic (exact) mass is 229 g/mol. The van der Waals surface area contributed by atoms with Crippen LogP contribution in [0.15, 0.2) is 0 Å². The predicted octanol–water partition coefficient (Wildman–Crippen LogP) is 1.25. The number of aliphatic carboxylic acids is 1. The van der Waals surface area contributed by atoms with Crippen molar-refractivity contribution in [2.75, 3.05) is 24.8 Å². The number of carboxylic acid groups (broad SMARTS) is 1. The van der Waals surface area contributed by atoms with E-state index in [0.717, 1.165) is 0 Å². The minimum absolute atomic E-state index is 0.0712. The highest BCUT2D eigenvalue weighted by Gasteiger charge is 2.29. The fourth-order valence-corrected chi connectivity index (χ4v) is 1.56. The first-order chi connectivity index (χ1) is 5.98. The van der Waals surface area contributed by atoms with E-state index in [2.05, 4.69) is 0 Å². The van der Waals surface area contributed by atoms with E-state index in [1.807, 2.05) is 0 Å². The lowest BCUT2D eigenvalue weighted by Crippen LogP contribution is -2.55. The van der Waals surface area contributed by atoms with Crippen LogP contribution in [0.5, 0.6) is 0 Å². The summed E-state index contributed by atoms with van der Waals surface area (Å²) in [6, 6.07) is -1.02. The van der Waals surface area contributed by atoms with Gasteiger partial charge in [0.15, 0.2) is 6.04 Å². The molecule has 0 aliphatic carbocycles. The molecule has 6 heteroatoms. The van der Waals surface area contributed by atoms with Gasteiger partial charge in [0.2, 0.25) is 0 Å². The molecule has 1 atom stereocenters. The molecule has 0 rings (SSSR count). The molecule has 0 fully saturated rings. The standard InChI is InChI=1S/C7H13Cl2NO3/c1-6(7(11)12)10(13,4-2-8)5-3-9/h6H,2-5H2,1H3,(H,11,12)/t6-/m0/s1. The van der Waals surface area contributed by atoms with Crippen LogP contribution in [0.1, 0.15) is 6.92 Å². The van der Waals surface area contributed by atoms with Crippen LogP contribution in [0.4, 0.5) is 0 Å². The highest BCUT2D eigenvalue weighted by molar-refractivity contribution is 6.18. The summed E-state index contributed by atoms with van der Waals surface area (Å²) in [5, 5.41) is 20.5. The van der Waals surface area contributed by atoms with Gasteiger partial charge in [0.25, 0.3) is 0 Å². The molecule has 78 valence electrons. The molecule has 0 heterocycles. The molecule has 0 aromatic carbocycles. The molecule has 0 aliphatic rings. The van der Waals surface area contributed by atoms with Gasteiger partial charge in [-0.2, -0.15) is 0 Å². The van der Waals surface area contributed by atoms with Crippen molar-refractivity contribution in [3.63, 3.8) is 0 Å². The minimum atomic E-state index is -1.12. The third-order valence-electron chi connectivity index (χ3n) is 1.99. The molecule has 0 aromatic rings. The summed E-state index contributed by atoms with van der Waals surface area (Å²) in [5.41, 5.74) is 0. The van der Waals surface area contributed by atoms with E-state index in [-0.39, 0.29) is 24.8 Å². The van der Waals surface area contributed by atoms with Crippen LogP contribution in [-0.4, -0.2) is 46.6 Å². The van der Waals surface area contributed by atoms with E-state index >= 15 is 0 Å².